The van der Waals surface area contributed by atoms with Gasteiger partial charge in [-0.05, 0) is 30.7 Å². The smallest absolute Gasteiger partial charge is 0.0663 e. The Morgan fingerprint density at radius 1 is 1.42 bits per heavy atom. The lowest BCUT2D eigenvalue weighted by molar-refractivity contribution is -0.0824. The average Bonchev–Trinajstić information content (AvgIpc) is 2.03. The van der Waals surface area contributed by atoms with E-state index in [0.717, 1.165) is 13.2 Å². The van der Waals surface area contributed by atoms with Crippen LogP contribution < -0.4 is 5.73 Å². The van der Waals surface area contributed by atoms with Crippen molar-refractivity contribution in [3.8, 4) is 0 Å². The maximum Gasteiger partial charge on any atom is 0.0663 e. The third kappa shape index (κ3) is 2.20. The van der Waals surface area contributed by atoms with Crippen LogP contribution in [0.25, 0.3) is 0 Å². The first kappa shape index (κ1) is 10.0. The molecule has 0 aromatic heterocycles. The number of rotatable bonds is 1. The Kier molecular flexibility index (Phi) is 3.13. The normalized spacial score (nSPS) is 32.0. The van der Waals surface area contributed by atoms with Crippen molar-refractivity contribution < 1.29 is 4.74 Å². The standard InChI is InChI=1S/C10H21NO/c1-10(2,3)9-8(7-11)5-4-6-12-9/h8-9H,4-7,11H2,1-3H3/t8-,9-/m1/s1. The molecule has 1 rings (SSSR count). The van der Waals surface area contributed by atoms with E-state index in [9.17, 15) is 0 Å². The Morgan fingerprint density at radius 3 is 2.50 bits per heavy atom. The second-order valence-corrected chi connectivity index (χ2v) is 4.80. The Balaban J connectivity index is 2.59. The number of ether oxygens (including phenoxy) is 1. The third-order valence-corrected chi connectivity index (χ3v) is 2.60. The van der Waals surface area contributed by atoms with Gasteiger partial charge in [0, 0.05) is 6.61 Å². The van der Waals surface area contributed by atoms with Crippen molar-refractivity contribution in [2.75, 3.05) is 13.2 Å². The maximum atomic E-state index is 5.77. The molecule has 1 fully saturated rings. The van der Waals surface area contributed by atoms with Crippen LogP contribution in [0.3, 0.4) is 0 Å². The van der Waals surface area contributed by atoms with Gasteiger partial charge in [0.2, 0.25) is 0 Å². The van der Waals surface area contributed by atoms with Gasteiger partial charge in [0.15, 0.2) is 0 Å². The first-order valence-electron chi connectivity index (χ1n) is 4.87. The fourth-order valence-corrected chi connectivity index (χ4v) is 2.04. The minimum atomic E-state index is 0.241. The maximum absolute atomic E-state index is 5.77. The first-order chi connectivity index (χ1) is 5.55. The van der Waals surface area contributed by atoms with E-state index in [0.29, 0.717) is 12.0 Å². The van der Waals surface area contributed by atoms with E-state index in [1.807, 2.05) is 0 Å². The molecular weight excluding hydrogens is 150 g/mol. The molecule has 0 amide bonds. The van der Waals surface area contributed by atoms with Gasteiger partial charge < -0.3 is 10.5 Å². The van der Waals surface area contributed by atoms with Crippen LogP contribution in [0.5, 0.6) is 0 Å². The molecule has 2 N–H and O–H groups in total. The van der Waals surface area contributed by atoms with E-state index >= 15 is 0 Å². The van der Waals surface area contributed by atoms with Gasteiger partial charge in [-0.1, -0.05) is 20.8 Å². The summed E-state index contributed by atoms with van der Waals surface area (Å²) in [6.07, 6.45) is 2.77. The van der Waals surface area contributed by atoms with E-state index < -0.39 is 0 Å². The van der Waals surface area contributed by atoms with Crippen molar-refractivity contribution in [3.05, 3.63) is 0 Å². The summed E-state index contributed by atoms with van der Waals surface area (Å²) in [5, 5.41) is 0. The average molecular weight is 171 g/mol. The fourth-order valence-electron chi connectivity index (χ4n) is 2.04. The van der Waals surface area contributed by atoms with Gasteiger partial charge in [-0.15, -0.1) is 0 Å². The van der Waals surface area contributed by atoms with Crippen LogP contribution in [0.4, 0.5) is 0 Å². The van der Waals surface area contributed by atoms with Gasteiger partial charge in [0.25, 0.3) is 0 Å². The molecule has 0 radical (unpaired) electrons. The molecule has 1 saturated heterocycles. The molecule has 2 heteroatoms. The first-order valence-corrected chi connectivity index (χ1v) is 4.87. The summed E-state index contributed by atoms with van der Waals surface area (Å²) in [6.45, 7) is 8.36. The van der Waals surface area contributed by atoms with Gasteiger partial charge in [-0.25, -0.2) is 0 Å². The summed E-state index contributed by atoms with van der Waals surface area (Å²) in [5.74, 6) is 0.568. The van der Waals surface area contributed by atoms with E-state index in [-0.39, 0.29) is 5.41 Å². The molecule has 72 valence electrons. The number of hydrogen-bond donors (Lipinski definition) is 1. The van der Waals surface area contributed by atoms with Crippen molar-refractivity contribution >= 4 is 0 Å². The SMILES string of the molecule is CC(C)(C)[C@@H]1OCCC[C@@H]1CN. The largest absolute Gasteiger partial charge is 0.377 e. The highest BCUT2D eigenvalue weighted by Crippen LogP contribution is 2.33. The molecular formula is C10H21NO. The molecule has 0 aromatic rings. The lowest BCUT2D eigenvalue weighted by atomic mass is 9.78. The predicted octanol–water partition coefficient (Wildman–Crippen LogP) is 1.79. The van der Waals surface area contributed by atoms with Gasteiger partial charge in [0.05, 0.1) is 6.10 Å². The van der Waals surface area contributed by atoms with Crippen molar-refractivity contribution in [1.82, 2.24) is 0 Å². The van der Waals surface area contributed by atoms with Crippen LogP contribution in [-0.4, -0.2) is 19.3 Å². The van der Waals surface area contributed by atoms with E-state index in [1.54, 1.807) is 0 Å². The highest BCUT2D eigenvalue weighted by molar-refractivity contribution is 4.84. The lowest BCUT2D eigenvalue weighted by Crippen LogP contribution is -2.43. The topological polar surface area (TPSA) is 35.2 Å². The molecule has 1 heterocycles. The zero-order valence-electron chi connectivity index (χ0n) is 8.47. The summed E-state index contributed by atoms with van der Waals surface area (Å²) in [7, 11) is 0. The lowest BCUT2D eigenvalue weighted by Gasteiger charge is -2.39. The quantitative estimate of drug-likeness (QED) is 0.652. The summed E-state index contributed by atoms with van der Waals surface area (Å²) in [5.41, 5.74) is 5.95. The zero-order chi connectivity index (χ0) is 9.19. The summed E-state index contributed by atoms with van der Waals surface area (Å²) < 4.78 is 5.77. The van der Waals surface area contributed by atoms with Crippen molar-refractivity contribution in [2.24, 2.45) is 17.1 Å². The van der Waals surface area contributed by atoms with Crippen molar-refractivity contribution in [2.45, 2.75) is 39.7 Å². The Hall–Kier alpha value is -0.0800. The highest BCUT2D eigenvalue weighted by Gasteiger charge is 2.34. The molecule has 0 bridgehead atoms. The molecule has 0 spiro atoms. The van der Waals surface area contributed by atoms with Crippen molar-refractivity contribution in [3.63, 3.8) is 0 Å². The molecule has 0 aromatic carbocycles. The second kappa shape index (κ2) is 3.75. The highest BCUT2D eigenvalue weighted by atomic mass is 16.5. The summed E-state index contributed by atoms with van der Waals surface area (Å²) >= 11 is 0. The van der Waals surface area contributed by atoms with Gasteiger partial charge in [-0.2, -0.15) is 0 Å². The van der Waals surface area contributed by atoms with Crippen LogP contribution in [0, 0.1) is 11.3 Å². The van der Waals surface area contributed by atoms with E-state index in [4.69, 9.17) is 10.5 Å². The van der Waals surface area contributed by atoms with Crippen LogP contribution >= 0.6 is 0 Å². The molecule has 12 heavy (non-hydrogen) atoms. The minimum absolute atomic E-state index is 0.241. The fraction of sp³-hybridized carbons (Fsp3) is 1.00. The van der Waals surface area contributed by atoms with Gasteiger partial charge in [-0.3, -0.25) is 0 Å². The third-order valence-electron chi connectivity index (χ3n) is 2.60. The number of nitrogens with two attached hydrogens (primary N) is 1. The molecule has 2 atom stereocenters. The van der Waals surface area contributed by atoms with Crippen LogP contribution in [0.15, 0.2) is 0 Å². The second-order valence-electron chi connectivity index (χ2n) is 4.80. The monoisotopic (exact) mass is 171 g/mol. The molecule has 0 saturated carbocycles. The van der Waals surface area contributed by atoms with E-state index in [1.165, 1.54) is 12.8 Å². The molecule has 2 nitrogen and oxygen atoms in total. The molecule has 0 aliphatic carbocycles. The summed E-state index contributed by atoms with van der Waals surface area (Å²) in [6, 6.07) is 0. The summed E-state index contributed by atoms with van der Waals surface area (Å²) in [4.78, 5) is 0. The zero-order valence-corrected chi connectivity index (χ0v) is 8.47. The Morgan fingerprint density at radius 2 is 2.08 bits per heavy atom. The van der Waals surface area contributed by atoms with Gasteiger partial charge >= 0.3 is 0 Å². The Bertz CT molecular complexity index is 139. The number of hydrogen-bond acceptors (Lipinski definition) is 2. The molecule has 1 aliphatic heterocycles. The van der Waals surface area contributed by atoms with Crippen LogP contribution in [0.1, 0.15) is 33.6 Å². The Labute approximate surface area is 75.5 Å². The van der Waals surface area contributed by atoms with Crippen LogP contribution in [0.2, 0.25) is 0 Å². The van der Waals surface area contributed by atoms with Gasteiger partial charge in [0.1, 0.15) is 0 Å². The molecule has 1 aliphatic rings. The van der Waals surface area contributed by atoms with Crippen molar-refractivity contribution in [1.29, 1.82) is 0 Å². The van der Waals surface area contributed by atoms with Crippen LogP contribution in [-0.2, 0) is 4.74 Å². The van der Waals surface area contributed by atoms with E-state index in [2.05, 4.69) is 20.8 Å². The minimum Gasteiger partial charge on any atom is -0.377 e. The predicted molar refractivity (Wildman–Crippen MR) is 51.0 cm³/mol. The molecule has 0 unspecified atom stereocenters.